The van der Waals surface area contributed by atoms with Gasteiger partial charge in [0.1, 0.15) is 0 Å². The lowest BCUT2D eigenvalue weighted by molar-refractivity contribution is -0.117. The number of benzene rings is 2. The van der Waals surface area contributed by atoms with Crippen molar-refractivity contribution in [1.82, 2.24) is 0 Å². The number of nitrogens with two attached hydrogens (primary N) is 1. The molecule has 2 amide bonds. The van der Waals surface area contributed by atoms with Crippen LogP contribution in [0.15, 0.2) is 48.5 Å². The van der Waals surface area contributed by atoms with Crippen molar-refractivity contribution in [2.24, 2.45) is 5.73 Å². The molecule has 0 aliphatic carbocycles. The molecule has 0 aromatic heterocycles. The third-order valence-electron chi connectivity index (χ3n) is 3.19. The first kappa shape index (κ1) is 16.2. The van der Waals surface area contributed by atoms with Gasteiger partial charge in [0.25, 0.3) is 0 Å². The zero-order chi connectivity index (χ0) is 16.8. The standard InChI is InChI=1S/C17H16N2O4/c18-15(20)9-11-4-3-6-13(8-11)19-16(21)10-12-5-1-2-7-14(12)17(22)23/h1-8H,9-10H2,(H2,18,20)(H,19,21)(H,22,23). The molecular weight excluding hydrogens is 296 g/mol. The van der Waals surface area contributed by atoms with Crippen LogP contribution in [-0.2, 0) is 22.4 Å². The van der Waals surface area contributed by atoms with Crippen molar-refractivity contribution in [3.05, 3.63) is 65.2 Å². The highest BCUT2D eigenvalue weighted by molar-refractivity contribution is 5.96. The van der Waals surface area contributed by atoms with Crippen LogP contribution < -0.4 is 11.1 Å². The fraction of sp³-hybridized carbons (Fsp3) is 0.118. The molecule has 0 bridgehead atoms. The number of hydrogen-bond donors (Lipinski definition) is 3. The van der Waals surface area contributed by atoms with Crippen LogP contribution in [-0.4, -0.2) is 22.9 Å². The summed E-state index contributed by atoms with van der Waals surface area (Å²) in [6, 6.07) is 13.1. The highest BCUT2D eigenvalue weighted by Gasteiger charge is 2.12. The number of rotatable bonds is 6. The van der Waals surface area contributed by atoms with Crippen molar-refractivity contribution in [2.45, 2.75) is 12.8 Å². The molecule has 0 radical (unpaired) electrons. The maximum absolute atomic E-state index is 12.1. The molecule has 0 aliphatic rings. The summed E-state index contributed by atoms with van der Waals surface area (Å²) in [5.74, 6) is -1.87. The first-order chi connectivity index (χ1) is 11.0. The van der Waals surface area contributed by atoms with E-state index in [0.717, 1.165) is 0 Å². The minimum atomic E-state index is -1.07. The molecule has 0 atom stereocenters. The van der Waals surface area contributed by atoms with Crippen molar-refractivity contribution in [1.29, 1.82) is 0 Å². The number of carbonyl (C=O) groups is 3. The van der Waals surface area contributed by atoms with Gasteiger partial charge in [0.2, 0.25) is 11.8 Å². The van der Waals surface area contributed by atoms with Gasteiger partial charge < -0.3 is 16.2 Å². The minimum Gasteiger partial charge on any atom is -0.478 e. The molecule has 6 nitrogen and oxygen atoms in total. The van der Waals surface area contributed by atoms with E-state index in [1.807, 2.05) is 0 Å². The molecule has 0 fully saturated rings. The predicted molar refractivity (Wildman–Crippen MR) is 85.1 cm³/mol. The predicted octanol–water partition coefficient (Wildman–Crippen LogP) is 1.59. The number of carboxylic acids is 1. The molecule has 0 saturated carbocycles. The van der Waals surface area contributed by atoms with Gasteiger partial charge in [-0.3, -0.25) is 9.59 Å². The molecule has 118 valence electrons. The number of hydrogen-bond acceptors (Lipinski definition) is 3. The largest absolute Gasteiger partial charge is 0.478 e. The smallest absolute Gasteiger partial charge is 0.335 e. The molecular formula is C17H16N2O4. The van der Waals surface area contributed by atoms with Crippen molar-refractivity contribution in [3.63, 3.8) is 0 Å². The monoisotopic (exact) mass is 312 g/mol. The second-order valence-corrected chi connectivity index (χ2v) is 5.03. The van der Waals surface area contributed by atoms with Crippen LogP contribution in [0.4, 0.5) is 5.69 Å². The number of nitrogens with one attached hydrogen (secondary N) is 1. The average Bonchev–Trinajstić information content (AvgIpc) is 2.47. The van der Waals surface area contributed by atoms with E-state index in [0.29, 0.717) is 16.8 Å². The highest BCUT2D eigenvalue weighted by atomic mass is 16.4. The van der Waals surface area contributed by atoms with E-state index >= 15 is 0 Å². The third kappa shape index (κ3) is 4.67. The number of aromatic carboxylic acids is 1. The van der Waals surface area contributed by atoms with Crippen LogP contribution in [0.1, 0.15) is 21.5 Å². The lowest BCUT2D eigenvalue weighted by Crippen LogP contribution is -2.17. The zero-order valence-electron chi connectivity index (χ0n) is 12.3. The molecule has 0 heterocycles. The van der Waals surface area contributed by atoms with Crippen LogP contribution in [0.5, 0.6) is 0 Å². The van der Waals surface area contributed by atoms with Crippen molar-refractivity contribution >= 4 is 23.5 Å². The zero-order valence-corrected chi connectivity index (χ0v) is 12.3. The molecule has 2 aromatic rings. The van der Waals surface area contributed by atoms with Gasteiger partial charge in [-0.2, -0.15) is 0 Å². The SMILES string of the molecule is NC(=O)Cc1cccc(NC(=O)Cc2ccccc2C(=O)O)c1. The van der Waals surface area contributed by atoms with Gasteiger partial charge in [-0.1, -0.05) is 30.3 Å². The van der Waals surface area contributed by atoms with Crippen LogP contribution >= 0.6 is 0 Å². The summed E-state index contributed by atoms with van der Waals surface area (Å²) in [7, 11) is 0. The second kappa shape index (κ2) is 7.22. The Hall–Kier alpha value is -3.15. The Morgan fingerprint density at radius 2 is 1.74 bits per heavy atom. The van der Waals surface area contributed by atoms with E-state index in [2.05, 4.69) is 5.32 Å². The normalized spacial score (nSPS) is 10.1. The van der Waals surface area contributed by atoms with E-state index in [-0.39, 0.29) is 24.3 Å². The van der Waals surface area contributed by atoms with Gasteiger partial charge in [-0.15, -0.1) is 0 Å². The van der Waals surface area contributed by atoms with Gasteiger partial charge in [-0.25, -0.2) is 4.79 Å². The quantitative estimate of drug-likeness (QED) is 0.752. The van der Waals surface area contributed by atoms with E-state index in [9.17, 15) is 14.4 Å². The Morgan fingerprint density at radius 3 is 2.43 bits per heavy atom. The Labute approximate surface area is 132 Å². The molecule has 0 spiro atoms. The van der Waals surface area contributed by atoms with Crippen LogP contribution in [0.25, 0.3) is 0 Å². The molecule has 0 saturated heterocycles. The van der Waals surface area contributed by atoms with Gasteiger partial charge in [-0.05, 0) is 29.3 Å². The fourth-order valence-corrected chi connectivity index (χ4v) is 2.22. The highest BCUT2D eigenvalue weighted by Crippen LogP contribution is 2.14. The molecule has 23 heavy (non-hydrogen) atoms. The molecule has 4 N–H and O–H groups in total. The van der Waals surface area contributed by atoms with E-state index < -0.39 is 11.9 Å². The third-order valence-corrected chi connectivity index (χ3v) is 3.19. The Bertz CT molecular complexity index is 756. The van der Waals surface area contributed by atoms with Gasteiger partial charge >= 0.3 is 5.97 Å². The first-order valence-corrected chi connectivity index (χ1v) is 6.94. The number of primary amides is 1. The topological polar surface area (TPSA) is 109 Å². The first-order valence-electron chi connectivity index (χ1n) is 6.94. The number of amides is 2. The van der Waals surface area contributed by atoms with E-state index in [4.69, 9.17) is 10.8 Å². The van der Waals surface area contributed by atoms with Gasteiger partial charge in [0.05, 0.1) is 18.4 Å². The van der Waals surface area contributed by atoms with Gasteiger partial charge in [0.15, 0.2) is 0 Å². The summed E-state index contributed by atoms with van der Waals surface area (Å²) in [4.78, 5) is 34.2. The number of carbonyl (C=O) groups excluding carboxylic acids is 2. The van der Waals surface area contributed by atoms with Crippen LogP contribution in [0.3, 0.4) is 0 Å². The Balaban J connectivity index is 2.08. The summed E-state index contributed by atoms with van der Waals surface area (Å²) in [5.41, 5.74) is 6.90. The van der Waals surface area contributed by atoms with E-state index in [1.165, 1.54) is 6.07 Å². The molecule has 0 unspecified atom stereocenters. The molecule has 6 heteroatoms. The summed E-state index contributed by atoms with van der Waals surface area (Å²) < 4.78 is 0. The van der Waals surface area contributed by atoms with Crippen molar-refractivity contribution in [3.8, 4) is 0 Å². The van der Waals surface area contributed by atoms with Crippen molar-refractivity contribution in [2.75, 3.05) is 5.32 Å². The minimum absolute atomic E-state index is 0.0531. The van der Waals surface area contributed by atoms with E-state index in [1.54, 1.807) is 42.5 Å². The maximum Gasteiger partial charge on any atom is 0.335 e. The Morgan fingerprint density at radius 1 is 1.00 bits per heavy atom. The van der Waals surface area contributed by atoms with Gasteiger partial charge in [0, 0.05) is 5.69 Å². The number of anilines is 1. The van der Waals surface area contributed by atoms with Crippen LogP contribution in [0, 0.1) is 0 Å². The van der Waals surface area contributed by atoms with Crippen LogP contribution in [0.2, 0.25) is 0 Å². The molecule has 2 aromatic carbocycles. The average molecular weight is 312 g/mol. The molecule has 2 rings (SSSR count). The van der Waals surface area contributed by atoms with Crippen molar-refractivity contribution < 1.29 is 19.5 Å². The summed E-state index contributed by atoms with van der Waals surface area (Å²) in [6.45, 7) is 0. The lowest BCUT2D eigenvalue weighted by atomic mass is 10.0. The molecule has 0 aliphatic heterocycles. The maximum atomic E-state index is 12.1. The fourth-order valence-electron chi connectivity index (χ4n) is 2.22. The Kier molecular flexibility index (Phi) is 5.09. The summed E-state index contributed by atoms with van der Waals surface area (Å²) in [5, 5.41) is 11.8. The second-order valence-electron chi connectivity index (χ2n) is 5.03. The summed E-state index contributed by atoms with van der Waals surface area (Å²) >= 11 is 0. The lowest BCUT2D eigenvalue weighted by Gasteiger charge is -2.08. The summed E-state index contributed by atoms with van der Waals surface area (Å²) in [6.07, 6.45) is 0.0358. The number of carboxylic acid groups (broad SMARTS) is 1.